The van der Waals surface area contributed by atoms with E-state index in [4.69, 9.17) is 17.0 Å². The minimum absolute atomic E-state index is 0.242. The number of thiocarbonyl (C=S) groups is 1. The Morgan fingerprint density at radius 1 is 0.938 bits per heavy atom. The Hall–Kier alpha value is -3.71. The van der Waals surface area contributed by atoms with E-state index < -0.39 is 0 Å². The second-order valence-electron chi connectivity index (χ2n) is 7.42. The Labute approximate surface area is 191 Å². The van der Waals surface area contributed by atoms with Gasteiger partial charge < -0.3 is 19.5 Å². The molecule has 3 heterocycles. The van der Waals surface area contributed by atoms with Gasteiger partial charge in [0.2, 0.25) is 0 Å². The Morgan fingerprint density at radius 3 is 2.44 bits per heavy atom. The van der Waals surface area contributed by atoms with Gasteiger partial charge in [-0.3, -0.25) is 4.98 Å². The lowest BCUT2D eigenvalue weighted by atomic mass is 10.0. The first kappa shape index (κ1) is 20.2. The highest BCUT2D eigenvalue weighted by atomic mass is 32.1. The Kier molecular flexibility index (Phi) is 5.33. The average molecular weight is 445 g/mol. The van der Waals surface area contributed by atoms with E-state index in [0.29, 0.717) is 16.5 Å². The first-order valence-corrected chi connectivity index (χ1v) is 10.7. The number of rotatable bonds is 5. The van der Waals surface area contributed by atoms with Crippen LogP contribution in [0.4, 0.5) is 10.1 Å². The Balaban J connectivity index is 1.71. The van der Waals surface area contributed by atoms with Gasteiger partial charge in [0.1, 0.15) is 17.6 Å². The molecule has 1 fully saturated rings. The van der Waals surface area contributed by atoms with Crippen LogP contribution in [0.15, 0.2) is 91.3 Å². The summed E-state index contributed by atoms with van der Waals surface area (Å²) in [6.45, 7) is 0. The number of methoxy groups -OCH3 is 1. The standard InChI is InChI=1S/C25H21FN4OS/c1-31-22-14-5-4-12-20(22)30-24(23(28-25(30)32)18-10-6-7-15-27-18)21-13-8-16-29(21)19-11-3-2-9-17(19)26/h2-16,23-24H,1H3,(H,28,32). The first-order valence-electron chi connectivity index (χ1n) is 10.2. The molecular weight excluding hydrogens is 423 g/mol. The third-order valence-corrected chi connectivity index (χ3v) is 5.95. The maximum Gasteiger partial charge on any atom is 0.174 e. The number of halogens is 1. The van der Waals surface area contributed by atoms with Crippen LogP contribution >= 0.6 is 12.2 Å². The quantitative estimate of drug-likeness (QED) is 0.429. The number of pyridine rings is 1. The van der Waals surface area contributed by atoms with E-state index in [1.165, 1.54) is 6.07 Å². The molecule has 2 atom stereocenters. The molecule has 1 aliphatic rings. The predicted octanol–water partition coefficient (Wildman–Crippen LogP) is 5.20. The van der Waals surface area contributed by atoms with Crippen molar-refractivity contribution in [2.24, 2.45) is 0 Å². The van der Waals surface area contributed by atoms with Crippen molar-refractivity contribution in [3.05, 3.63) is 108 Å². The van der Waals surface area contributed by atoms with Gasteiger partial charge >= 0.3 is 0 Å². The molecule has 1 aliphatic heterocycles. The number of ether oxygens (including phenoxy) is 1. The number of nitrogens with zero attached hydrogens (tertiary/aromatic N) is 3. The fourth-order valence-electron chi connectivity index (χ4n) is 4.25. The van der Waals surface area contributed by atoms with E-state index in [0.717, 1.165) is 17.1 Å². The number of para-hydroxylation sites is 3. The van der Waals surface area contributed by atoms with Crippen LogP contribution in [-0.2, 0) is 0 Å². The lowest BCUT2D eigenvalue weighted by Gasteiger charge is -2.30. The monoisotopic (exact) mass is 444 g/mol. The first-order chi connectivity index (χ1) is 15.7. The summed E-state index contributed by atoms with van der Waals surface area (Å²) < 4.78 is 22.3. The van der Waals surface area contributed by atoms with E-state index in [9.17, 15) is 4.39 Å². The summed E-state index contributed by atoms with van der Waals surface area (Å²) in [4.78, 5) is 6.61. The van der Waals surface area contributed by atoms with Gasteiger partial charge in [0.05, 0.1) is 30.2 Å². The molecule has 4 aromatic rings. The van der Waals surface area contributed by atoms with Crippen LogP contribution in [0, 0.1) is 5.82 Å². The third-order valence-electron chi connectivity index (χ3n) is 5.64. The highest BCUT2D eigenvalue weighted by Gasteiger charge is 2.43. The number of nitrogens with one attached hydrogen (secondary N) is 1. The second kappa shape index (κ2) is 8.43. The number of anilines is 1. The molecule has 5 rings (SSSR count). The van der Waals surface area contributed by atoms with Crippen LogP contribution in [0.1, 0.15) is 23.5 Å². The molecule has 1 saturated heterocycles. The maximum absolute atomic E-state index is 14.7. The fraction of sp³-hybridized carbons (Fsp3) is 0.120. The summed E-state index contributed by atoms with van der Waals surface area (Å²) >= 11 is 5.79. The molecule has 0 amide bonds. The Bertz CT molecular complexity index is 1260. The molecule has 0 radical (unpaired) electrons. The van der Waals surface area contributed by atoms with Crippen molar-refractivity contribution in [2.75, 3.05) is 12.0 Å². The molecule has 0 saturated carbocycles. The highest BCUT2D eigenvalue weighted by Crippen LogP contribution is 2.44. The van der Waals surface area contributed by atoms with Gasteiger partial charge in [-0.1, -0.05) is 30.3 Å². The summed E-state index contributed by atoms with van der Waals surface area (Å²) in [6.07, 6.45) is 3.63. The molecule has 0 aliphatic carbocycles. The second-order valence-corrected chi connectivity index (χ2v) is 7.81. The number of benzene rings is 2. The van der Waals surface area contributed by atoms with Crippen LogP contribution < -0.4 is 15.0 Å². The van der Waals surface area contributed by atoms with Crippen LogP contribution in [0.3, 0.4) is 0 Å². The van der Waals surface area contributed by atoms with Crippen molar-refractivity contribution in [1.29, 1.82) is 0 Å². The molecule has 2 aromatic carbocycles. The van der Waals surface area contributed by atoms with Crippen LogP contribution in [0.5, 0.6) is 5.75 Å². The zero-order valence-corrected chi connectivity index (χ0v) is 18.2. The van der Waals surface area contributed by atoms with Gasteiger partial charge in [0.15, 0.2) is 5.11 Å². The van der Waals surface area contributed by atoms with Gasteiger partial charge in [-0.25, -0.2) is 4.39 Å². The molecule has 0 spiro atoms. The van der Waals surface area contributed by atoms with Crippen LogP contribution in [0.25, 0.3) is 5.69 Å². The van der Waals surface area contributed by atoms with E-state index in [-0.39, 0.29) is 17.9 Å². The molecule has 0 bridgehead atoms. The van der Waals surface area contributed by atoms with Gasteiger partial charge in [-0.2, -0.15) is 0 Å². The molecule has 160 valence electrons. The van der Waals surface area contributed by atoms with E-state index in [1.54, 1.807) is 25.4 Å². The zero-order chi connectivity index (χ0) is 22.1. The summed E-state index contributed by atoms with van der Waals surface area (Å²) in [5.41, 5.74) is 3.03. The zero-order valence-electron chi connectivity index (χ0n) is 17.4. The van der Waals surface area contributed by atoms with E-state index >= 15 is 0 Å². The van der Waals surface area contributed by atoms with Gasteiger partial charge in [0.25, 0.3) is 0 Å². The molecule has 2 unspecified atom stereocenters. The SMILES string of the molecule is COc1ccccc1N1C(=S)NC(c2ccccn2)C1c1cccn1-c1ccccc1F. The molecular formula is C25H21FN4OS. The number of hydrogen-bond donors (Lipinski definition) is 1. The van der Waals surface area contributed by atoms with Crippen molar-refractivity contribution < 1.29 is 9.13 Å². The Morgan fingerprint density at radius 2 is 1.69 bits per heavy atom. The average Bonchev–Trinajstić information content (AvgIpc) is 3.44. The van der Waals surface area contributed by atoms with Crippen molar-refractivity contribution >= 4 is 23.0 Å². The summed E-state index contributed by atoms with van der Waals surface area (Å²) in [7, 11) is 1.64. The van der Waals surface area contributed by atoms with Crippen molar-refractivity contribution in [3.8, 4) is 11.4 Å². The fourth-order valence-corrected chi connectivity index (χ4v) is 4.58. The minimum Gasteiger partial charge on any atom is -0.495 e. The molecule has 7 heteroatoms. The lowest BCUT2D eigenvalue weighted by Crippen LogP contribution is -2.30. The minimum atomic E-state index is -0.295. The normalized spacial score (nSPS) is 17.9. The molecule has 5 nitrogen and oxygen atoms in total. The third kappa shape index (κ3) is 3.40. The van der Waals surface area contributed by atoms with Gasteiger partial charge in [0, 0.05) is 18.1 Å². The van der Waals surface area contributed by atoms with Crippen molar-refractivity contribution in [2.45, 2.75) is 12.1 Å². The van der Waals surface area contributed by atoms with Crippen molar-refractivity contribution in [1.82, 2.24) is 14.9 Å². The summed E-state index contributed by atoms with van der Waals surface area (Å²) in [6, 6.07) is 23.7. The largest absolute Gasteiger partial charge is 0.495 e. The molecule has 32 heavy (non-hydrogen) atoms. The maximum atomic E-state index is 14.7. The lowest BCUT2D eigenvalue weighted by molar-refractivity contribution is 0.414. The summed E-state index contributed by atoms with van der Waals surface area (Å²) in [5, 5.41) is 3.99. The number of hydrogen-bond acceptors (Lipinski definition) is 3. The number of aromatic nitrogens is 2. The van der Waals surface area contributed by atoms with Crippen LogP contribution in [0.2, 0.25) is 0 Å². The van der Waals surface area contributed by atoms with Crippen LogP contribution in [-0.4, -0.2) is 21.8 Å². The predicted molar refractivity (Wildman–Crippen MR) is 127 cm³/mol. The van der Waals surface area contributed by atoms with Gasteiger partial charge in [-0.15, -0.1) is 0 Å². The van der Waals surface area contributed by atoms with Crippen molar-refractivity contribution in [3.63, 3.8) is 0 Å². The summed E-state index contributed by atoms with van der Waals surface area (Å²) in [5.74, 6) is 0.407. The van der Waals surface area contributed by atoms with E-state index in [1.807, 2.05) is 76.3 Å². The van der Waals surface area contributed by atoms with E-state index in [2.05, 4.69) is 10.3 Å². The topological polar surface area (TPSA) is 42.3 Å². The molecule has 2 aromatic heterocycles. The van der Waals surface area contributed by atoms with Gasteiger partial charge in [-0.05, 0) is 60.7 Å². The molecule has 1 N–H and O–H groups in total. The smallest absolute Gasteiger partial charge is 0.174 e. The highest BCUT2D eigenvalue weighted by molar-refractivity contribution is 7.80.